The van der Waals surface area contributed by atoms with Gasteiger partial charge in [0.25, 0.3) is 11.8 Å². The second-order valence-corrected chi connectivity index (χ2v) is 7.33. The lowest BCUT2D eigenvalue weighted by Gasteiger charge is -2.18. The number of rotatable bonds is 6. The van der Waals surface area contributed by atoms with Gasteiger partial charge in [0.15, 0.2) is 6.61 Å². The molecule has 0 saturated carbocycles. The fourth-order valence-electron chi connectivity index (χ4n) is 2.79. The quantitative estimate of drug-likeness (QED) is 0.659. The molecule has 8 nitrogen and oxygen atoms in total. The van der Waals surface area contributed by atoms with Gasteiger partial charge in [-0.05, 0) is 36.4 Å². The van der Waals surface area contributed by atoms with Gasteiger partial charge >= 0.3 is 5.97 Å². The van der Waals surface area contributed by atoms with Gasteiger partial charge in [-0.25, -0.2) is 0 Å². The van der Waals surface area contributed by atoms with E-state index in [-0.39, 0.29) is 23.6 Å². The molecule has 2 aromatic carbocycles. The highest BCUT2D eigenvalue weighted by atomic mass is 35.5. The Bertz CT molecular complexity index is 981. The lowest BCUT2D eigenvalue weighted by Crippen LogP contribution is -2.43. The van der Waals surface area contributed by atoms with Gasteiger partial charge in [0, 0.05) is 17.1 Å². The van der Waals surface area contributed by atoms with E-state index in [1.165, 1.54) is 6.07 Å². The average molecular weight is 450 g/mol. The third-order valence-electron chi connectivity index (χ3n) is 4.29. The number of halogens is 2. The fourth-order valence-corrected chi connectivity index (χ4v) is 3.13. The van der Waals surface area contributed by atoms with Gasteiger partial charge < -0.3 is 10.1 Å². The van der Waals surface area contributed by atoms with Crippen molar-refractivity contribution < 1.29 is 23.9 Å². The molecule has 0 aromatic heterocycles. The summed E-state index contributed by atoms with van der Waals surface area (Å²) in [5.74, 6) is -3.04. The molecule has 10 heteroatoms. The highest BCUT2D eigenvalue weighted by Crippen LogP contribution is 2.20. The molecule has 1 heterocycles. The first kappa shape index (κ1) is 21.6. The van der Waals surface area contributed by atoms with E-state index in [0.29, 0.717) is 10.7 Å². The van der Waals surface area contributed by atoms with Crippen molar-refractivity contribution in [3.05, 3.63) is 64.1 Å². The molecule has 3 rings (SSSR count). The smallest absolute Gasteiger partial charge is 0.311 e. The number of anilines is 1. The van der Waals surface area contributed by atoms with Crippen molar-refractivity contribution in [3.8, 4) is 0 Å². The zero-order chi connectivity index (χ0) is 21.7. The third-order valence-corrected chi connectivity index (χ3v) is 4.87. The molecule has 3 amide bonds. The molecule has 1 aliphatic rings. The van der Waals surface area contributed by atoms with E-state index >= 15 is 0 Å². The largest absolute Gasteiger partial charge is 0.455 e. The Hall–Kier alpha value is -3.10. The molecule has 0 unspecified atom stereocenters. The van der Waals surface area contributed by atoms with Crippen molar-refractivity contribution in [2.75, 3.05) is 18.5 Å². The fraction of sp³-hybridized carbons (Fsp3) is 0.200. The molecule has 2 N–H and O–H groups in total. The van der Waals surface area contributed by atoms with E-state index in [0.717, 1.165) is 5.01 Å². The van der Waals surface area contributed by atoms with Gasteiger partial charge in [-0.3, -0.25) is 29.6 Å². The Kier molecular flexibility index (Phi) is 6.91. The molecule has 0 radical (unpaired) electrons. The van der Waals surface area contributed by atoms with Crippen molar-refractivity contribution in [2.24, 2.45) is 5.92 Å². The first-order chi connectivity index (χ1) is 14.3. The Labute approximate surface area is 182 Å². The SMILES string of the molecule is O=C(COC(=O)[C@@H]1CC(=O)N(NC(=O)c2ccccc2Cl)C1)Nc1ccc(Cl)cc1. The van der Waals surface area contributed by atoms with Crippen LogP contribution in [-0.2, 0) is 19.1 Å². The molecular formula is C20H17Cl2N3O5. The number of hydrazine groups is 1. The van der Waals surface area contributed by atoms with Gasteiger partial charge in [0.05, 0.1) is 23.0 Å². The number of amides is 3. The van der Waals surface area contributed by atoms with Crippen LogP contribution in [0.3, 0.4) is 0 Å². The molecule has 1 aliphatic heterocycles. The lowest BCUT2D eigenvalue weighted by molar-refractivity contribution is -0.151. The van der Waals surface area contributed by atoms with E-state index < -0.39 is 36.2 Å². The predicted octanol–water partition coefficient (Wildman–Crippen LogP) is 2.67. The van der Waals surface area contributed by atoms with E-state index in [9.17, 15) is 19.2 Å². The zero-order valence-corrected chi connectivity index (χ0v) is 17.1. The van der Waals surface area contributed by atoms with Crippen LogP contribution in [0.15, 0.2) is 48.5 Å². The maximum Gasteiger partial charge on any atom is 0.311 e. The van der Waals surface area contributed by atoms with Crippen molar-refractivity contribution in [2.45, 2.75) is 6.42 Å². The summed E-state index contributed by atoms with van der Waals surface area (Å²) < 4.78 is 5.00. The monoisotopic (exact) mass is 449 g/mol. The maximum absolute atomic E-state index is 12.3. The van der Waals surface area contributed by atoms with Gasteiger partial charge in [-0.15, -0.1) is 0 Å². The molecule has 156 valence electrons. The van der Waals surface area contributed by atoms with Crippen LogP contribution in [0.4, 0.5) is 5.69 Å². The van der Waals surface area contributed by atoms with Gasteiger partial charge in [-0.2, -0.15) is 0 Å². The van der Waals surface area contributed by atoms with Crippen LogP contribution in [-0.4, -0.2) is 41.9 Å². The van der Waals surface area contributed by atoms with E-state index in [2.05, 4.69) is 10.7 Å². The summed E-state index contributed by atoms with van der Waals surface area (Å²) in [6.07, 6.45) is -0.138. The molecule has 0 spiro atoms. The van der Waals surface area contributed by atoms with Crippen LogP contribution in [0.5, 0.6) is 0 Å². The average Bonchev–Trinajstić information content (AvgIpc) is 3.08. The number of hydrogen-bond donors (Lipinski definition) is 2. The molecule has 1 saturated heterocycles. The molecule has 2 aromatic rings. The van der Waals surface area contributed by atoms with Gasteiger partial charge in [0.2, 0.25) is 5.91 Å². The van der Waals surface area contributed by atoms with Crippen LogP contribution in [0, 0.1) is 5.92 Å². The molecule has 0 aliphatic carbocycles. The lowest BCUT2D eigenvalue weighted by atomic mass is 10.1. The summed E-state index contributed by atoms with van der Waals surface area (Å²) in [5, 5.41) is 4.37. The first-order valence-corrected chi connectivity index (χ1v) is 9.67. The summed E-state index contributed by atoms with van der Waals surface area (Å²) in [7, 11) is 0. The number of nitrogens with one attached hydrogen (secondary N) is 2. The molecule has 1 atom stereocenters. The van der Waals surface area contributed by atoms with Crippen molar-refractivity contribution in [1.29, 1.82) is 0 Å². The maximum atomic E-state index is 12.3. The number of benzene rings is 2. The Morgan fingerprint density at radius 2 is 1.77 bits per heavy atom. The standard InChI is InChI=1S/C20H17Cl2N3O5/c21-13-5-7-14(8-6-13)23-17(26)11-30-20(29)12-9-18(27)25(10-12)24-19(28)15-3-1-2-4-16(15)22/h1-8,12H,9-11H2,(H,23,26)(H,24,28)/t12-/m1/s1. The van der Waals surface area contributed by atoms with Gasteiger partial charge in [0.1, 0.15) is 0 Å². The van der Waals surface area contributed by atoms with Crippen LogP contribution in [0.2, 0.25) is 10.0 Å². The number of hydrogen-bond acceptors (Lipinski definition) is 5. The molecule has 30 heavy (non-hydrogen) atoms. The Morgan fingerprint density at radius 3 is 2.47 bits per heavy atom. The summed E-state index contributed by atoms with van der Waals surface area (Å²) in [6.45, 7) is -0.565. The molecule has 0 bridgehead atoms. The topological polar surface area (TPSA) is 105 Å². The number of esters is 1. The highest BCUT2D eigenvalue weighted by Gasteiger charge is 2.36. The minimum absolute atomic E-state index is 0.0628. The number of ether oxygens (including phenoxy) is 1. The van der Waals surface area contributed by atoms with Crippen molar-refractivity contribution in [1.82, 2.24) is 10.4 Å². The highest BCUT2D eigenvalue weighted by molar-refractivity contribution is 6.33. The summed E-state index contributed by atoms with van der Waals surface area (Å²) in [6, 6.07) is 12.8. The summed E-state index contributed by atoms with van der Waals surface area (Å²) in [5.41, 5.74) is 3.15. The number of nitrogens with zero attached hydrogens (tertiary/aromatic N) is 1. The van der Waals surface area contributed by atoms with E-state index in [4.69, 9.17) is 27.9 Å². The summed E-state index contributed by atoms with van der Waals surface area (Å²) in [4.78, 5) is 48.5. The minimum Gasteiger partial charge on any atom is -0.455 e. The number of carbonyl (C=O) groups excluding carboxylic acids is 4. The van der Waals surface area contributed by atoms with E-state index in [1.807, 2.05) is 0 Å². The molecule has 1 fully saturated rings. The van der Waals surface area contributed by atoms with Gasteiger partial charge in [-0.1, -0.05) is 35.3 Å². The minimum atomic E-state index is -0.799. The Morgan fingerprint density at radius 1 is 1.07 bits per heavy atom. The van der Waals surface area contributed by atoms with Crippen molar-refractivity contribution in [3.63, 3.8) is 0 Å². The Balaban J connectivity index is 1.48. The normalized spacial score (nSPS) is 15.6. The second-order valence-electron chi connectivity index (χ2n) is 6.49. The van der Waals surface area contributed by atoms with Crippen molar-refractivity contribution >= 4 is 52.6 Å². The van der Waals surface area contributed by atoms with Crippen LogP contribution < -0.4 is 10.7 Å². The second kappa shape index (κ2) is 9.60. The van der Waals surface area contributed by atoms with Crippen LogP contribution in [0.25, 0.3) is 0 Å². The van der Waals surface area contributed by atoms with Crippen LogP contribution in [0.1, 0.15) is 16.8 Å². The van der Waals surface area contributed by atoms with E-state index in [1.54, 1.807) is 42.5 Å². The van der Waals surface area contributed by atoms with Crippen LogP contribution >= 0.6 is 23.2 Å². The third kappa shape index (κ3) is 5.49. The number of carbonyl (C=O) groups is 4. The molecular weight excluding hydrogens is 433 g/mol. The zero-order valence-electron chi connectivity index (χ0n) is 15.6. The summed E-state index contributed by atoms with van der Waals surface area (Å²) >= 11 is 11.7. The predicted molar refractivity (Wildman–Crippen MR) is 110 cm³/mol. The first-order valence-electron chi connectivity index (χ1n) is 8.91.